The number of aromatic nitrogens is 3. The normalized spacial score (nSPS) is 23.0. The van der Waals surface area contributed by atoms with Crippen molar-refractivity contribution in [3.63, 3.8) is 0 Å². The predicted octanol–water partition coefficient (Wildman–Crippen LogP) is 3.83. The summed E-state index contributed by atoms with van der Waals surface area (Å²) in [6.45, 7) is 3.86. The van der Waals surface area contributed by atoms with Crippen LogP contribution in [0, 0.1) is 0 Å². The SMILES string of the molecule is COC(=O)c1nc(-c2c[nH]c3ncc(C4CCC(N5CCOCC5)CC4)cc23)cs1. The maximum Gasteiger partial charge on any atom is 0.367 e. The van der Waals surface area contributed by atoms with Crippen LogP contribution in [0.1, 0.15) is 47.0 Å². The van der Waals surface area contributed by atoms with E-state index in [0.29, 0.717) is 17.0 Å². The molecule has 1 aliphatic heterocycles. The number of ether oxygens (including phenoxy) is 2. The first-order valence-electron chi connectivity index (χ1n) is 10.6. The zero-order valence-corrected chi connectivity index (χ0v) is 17.9. The summed E-state index contributed by atoms with van der Waals surface area (Å²) in [5.74, 6) is 0.143. The van der Waals surface area contributed by atoms with Gasteiger partial charge in [-0.05, 0) is 43.2 Å². The number of carbonyl (C=O) groups is 1. The summed E-state index contributed by atoms with van der Waals surface area (Å²) < 4.78 is 10.3. The van der Waals surface area contributed by atoms with Crippen molar-refractivity contribution in [2.75, 3.05) is 33.4 Å². The highest BCUT2D eigenvalue weighted by Crippen LogP contribution is 2.37. The largest absolute Gasteiger partial charge is 0.464 e. The van der Waals surface area contributed by atoms with Crippen molar-refractivity contribution >= 4 is 28.3 Å². The van der Waals surface area contributed by atoms with Crippen LogP contribution >= 0.6 is 11.3 Å². The zero-order chi connectivity index (χ0) is 20.5. The van der Waals surface area contributed by atoms with E-state index in [2.05, 4.69) is 25.9 Å². The molecule has 4 heterocycles. The van der Waals surface area contributed by atoms with Gasteiger partial charge in [-0.2, -0.15) is 0 Å². The molecule has 2 fully saturated rings. The molecule has 1 saturated carbocycles. The van der Waals surface area contributed by atoms with Crippen LogP contribution in [-0.2, 0) is 9.47 Å². The number of aromatic amines is 1. The lowest BCUT2D eigenvalue weighted by molar-refractivity contribution is 0.00729. The molecular formula is C22H26N4O3S. The smallest absolute Gasteiger partial charge is 0.367 e. The van der Waals surface area contributed by atoms with Crippen LogP contribution in [0.2, 0.25) is 0 Å². The number of hydrogen-bond acceptors (Lipinski definition) is 7. The van der Waals surface area contributed by atoms with Gasteiger partial charge in [0, 0.05) is 47.9 Å². The Morgan fingerprint density at radius 2 is 2.07 bits per heavy atom. The molecule has 1 N–H and O–H groups in total. The molecule has 0 amide bonds. The Bertz CT molecular complexity index is 1030. The Labute approximate surface area is 179 Å². The maximum atomic E-state index is 11.8. The number of pyridine rings is 1. The summed E-state index contributed by atoms with van der Waals surface area (Å²) in [5.41, 5.74) is 3.91. The number of hydrogen-bond donors (Lipinski definition) is 1. The molecule has 3 aromatic heterocycles. The number of rotatable bonds is 4. The molecule has 0 spiro atoms. The van der Waals surface area contributed by atoms with E-state index in [9.17, 15) is 4.79 Å². The van der Waals surface area contributed by atoms with Crippen LogP contribution in [0.5, 0.6) is 0 Å². The monoisotopic (exact) mass is 426 g/mol. The first-order valence-corrected chi connectivity index (χ1v) is 11.4. The van der Waals surface area contributed by atoms with Gasteiger partial charge in [0.15, 0.2) is 0 Å². The van der Waals surface area contributed by atoms with Crippen molar-refractivity contribution < 1.29 is 14.3 Å². The van der Waals surface area contributed by atoms with Gasteiger partial charge >= 0.3 is 5.97 Å². The summed E-state index contributed by atoms with van der Waals surface area (Å²) in [7, 11) is 1.37. The average molecular weight is 427 g/mol. The molecule has 0 bridgehead atoms. The van der Waals surface area contributed by atoms with Crippen LogP contribution in [0.15, 0.2) is 23.8 Å². The van der Waals surface area contributed by atoms with E-state index in [1.54, 1.807) is 0 Å². The number of thiazole rings is 1. The number of nitrogens with one attached hydrogen (secondary N) is 1. The lowest BCUT2D eigenvalue weighted by Crippen LogP contribution is -2.44. The fourth-order valence-corrected chi connectivity index (χ4v) is 5.48. The third-order valence-electron chi connectivity index (χ3n) is 6.42. The lowest BCUT2D eigenvalue weighted by Gasteiger charge is -2.38. The molecule has 0 aromatic carbocycles. The molecule has 30 heavy (non-hydrogen) atoms. The molecule has 1 aliphatic carbocycles. The molecule has 7 nitrogen and oxygen atoms in total. The van der Waals surface area contributed by atoms with Gasteiger partial charge < -0.3 is 14.5 Å². The van der Waals surface area contributed by atoms with Gasteiger partial charge in [0.25, 0.3) is 0 Å². The Morgan fingerprint density at radius 3 is 2.83 bits per heavy atom. The first kappa shape index (κ1) is 19.7. The van der Waals surface area contributed by atoms with Crippen LogP contribution in [-0.4, -0.2) is 65.3 Å². The Kier molecular flexibility index (Phi) is 5.54. The van der Waals surface area contributed by atoms with E-state index in [-0.39, 0.29) is 0 Å². The van der Waals surface area contributed by atoms with E-state index in [1.165, 1.54) is 49.7 Å². The highest BCUT2D eigenvalue weighted by Gasteiger charge is 2.28. The second-order valence-electron chi connectivity index (χ2n) is 8.05. The Balaban J connectivity index is 1.34. The van der Waals surface area contributed by atoms with E-state index in [0.717, 1.165) is 48.6 Å². The van der Waals surface area contributed by atoms with Gasteiger partial charge in [-0.15, -0.1) is 11.3 Å². The van der Waals surface area contributed by atoms with E-state index in [4.69, 9.17) is 9.47 Å². The Morgan fingerprint density at radius 1 is 1.27 bits per heavy atom. The number of esters is 1. The quantitative estimate of drug-likeness (QED) is 0.639. The summed E-state index contributed by atoms with van der Waals surface area (Å²) >= 11 is 1.30. The number of methoxy groups -OCH3 is 1. The topological polar surface area (TPSA) is 80.3 Å². The van der Waals surface area contributed by atoms with E-state index in [1.807, 2.05) is 17.8 Å². The fourth-order valence-electron chi connectivity index (χ4n) is 4.75. The molecule has 8 heteroatoms. The Hall–Kier alpha value is -2.29. The van der Waals surface area contributed by atoms with Crippen molar-refractivity contribution in [2.24, 2.45) is 0 Å². The molecular weight excluding hydrogens is 400 g/mol. The molecule has 5 rings (SSSR count). The van der Waals surface area contributed by atoms with Crippen LogP contribution in [0.4, 0.5) is 0 Å². The second kappa shape index (κ2) is 8.45. The van der Waals surface area contributed by atoms with Gasteiger partial charge in [-0.25, -0.2) is 14.8 Å². The highest BCUT2D eigenvalue weighted by molar-refractivity contribution is 7.11. The van der Waals surface area contributed by atoms with Gasteiger partial charge in [0.05, 0.1) is 26.0 Å². The van der Waals surface area contributed by atoms with Gasteiger partial charge in [-0.1, -0.05) is 0 Å². The molecule has 158 valence electrons. The van der Waals surface area contributed by atoms with E-state index >= 15 is 0 Å². The maximum absolute atomic E-state index is 11.8. The fraction of sp³-hybridized carbons (Fsp3) is 0.500. The number of nitrogens with zero attached hydrogens (tertiary/aromatic N) is 3. The standard InChI is InChI=1S/C22H26N4O3S/c1-28-22(27)21-25-19(13-30-21)18-12-24-20-17(18)10-15(11-23-20)14-2-4-16(5-3-14)26-6-8-29-9-7-26/h10-14,16H,2-9H2,1H3,(H,23,24). The third kappa shape index (κ3) is 3.75. The molecule has 3 aromatic rings. The zero-order valence-electron chi connectivity index (χ0n) is 17.1. The summed E-state index contributed by atoms with van der Waals surface area (Å²) in [6, 6.07) is 2.95. The molecule has 0 atom stereocenters. The summed E-state index contributed by atoms with van der Waals surface area (Å²) in [4.78, 5) is 26.7. The summed E-state index contributed by atoms with van der Waals surface area (Å²) in [5, 5.41) is 3.33. The molecule has 1 saturated heterocycles. The lowest BCUT2D eigenvalue weighted by atomic mass is 9.81. The van der Waals surface area contributed by atoms with Crippen LogP contribution in [0.25, 0.3) is 22.3 Å². The summed E-state index contributed by atoms with van der Waals surface area (Å²) in [6.07, 6.45) is 8.79. The third-order valence-corrected chi connectivity index (χ3v) is 7.24. The molecule has 2 aliphatic rings. The second-order valence-corrected chi connectivity index (χ2v) is 8.91. The number of fused-ring (bicyclic) bond motifs is 1. The van der Waals surface area contributed by atoms with E-state index < -0.39 is 5.97 Å². The van der Waals surface area contributed by atoms with Gasteiger partial charge in [0.2, 0.25) is 5.01 Å². The molecule has 0 unspecified atom stereocenters. The number of morpholine rings is 1. The van der Waals surface area contributed by atoms with Gasteiger partial charge in [-0.3, -0.25) is 4.90 Å². The van der Waals surface area contributed by atoms with Gasteiger partial charge in [0.1, 0.15) is 5.65 Å². The van der Waals surface area contributed by atoms with Crippen LogP contribution < -0.4 is 0 Å². The minimum Gasteiger partial charge on any atom is -0.464 e. The van der Waals surface area contributed by atoms with Crippen LogP contribution in [0.3, 0.4) is 0 Å². The molecule has 0 radical (unpaired) electrons. The van der Waals surface area contributed by atoms with Crippen molar-refractivity contribution in [2.45, 2.75) is 37.6 Å². The predicted molar refractivity (Wildman–Crippen MR) is 116 cm³/mol. The first-order chi connectivity index (χ1) is 14.7. The number of carbonyl (C=O) groups excluding carboxylic acids is 1. The number of H-pyrrole nitrogens is 1. The van der Waals surface area contributed by atoms with Crippen molar-refractivity contribution in [3.8, 4) is 11.3 Å². The van der Waals surface area contributed by atoms with Crippen molar-refractivity contribution in [3.05, 3.63) is 34.4 Å². The average Bonchev–Trinajstić information content (AvgIpc) is 3.46. The van der Waals surface area contributed by atoms with Crippen molar-refractivity contribution in [1.29, 1.82) is 0 Å². The highest BCUT2D eigenvalue weighted by atomic mass is 32.1. The van der Waals surface area contributed by atoms with Crippen molar-refractivity contribution in [1.82, 2.24) is 19.9 Å². The minimum absolute atomic E-state index is 0.368. The minimum atomic E-state index is -0.401.